The second kappa shape index (κ2) is 11.4. The largest absolute Gasteiger partial charge is 0.384 e. The molecule has 6 aromatic rings. The summed E-state index contributed by atoms with van der Waals surface area (Å²) in [5.74, 6) is -0.374. The molecule has 0 spiro atoms. The first kappa shape index (κ1) is 27.1. The van der Waals surface area contributed by atoms with Crippen molar-refractivity contribution < 1.29 is 9.18 Å². The summed E-state index contributed by atoms with van der Waals surface area (Å²) >= 11 is 0. The maximum Gasteiger partial charge on any atom is 0.224 e. The van der Waals surface area contributed by atoms with Crippen molar-refractivity contribution in [3.8, 4) is 33.8 Å². The number of fused-ring (bicyclic) bond motifs is 2. The van der Waals surface area contributed by atoms with E-state index >= 15 is 0 Å². The molecule has 0 bridgehead atoms. The fourth-order valence-corrected chi connectivity index (χ4v) is 4.98. The van der Waals surface area contributed by atoms with E-state index < -0.39 is 0 Å². The van der Waals surface area contributed by atoms with Gasteiger partial charge in [0.25, 0.3) is 0 Å². The molecule has 212 valence electrons. The van der Waals surface area contributed by atoms with Gasteiger partial charge in [-0.25, -0.2) is 4.39 Å². The zero-order valence-electron chi connectivity index (χ0n) is 23.6. The third kappa shape index (κ3) is 5.57. The molecule has 0 fully saturated rings. The van der Waals surface area contributed by atoms with Crippen LogP contribution in [0, 0.1) is 5.82 Å². The fraction of sp³-hybridized carbons (Fsp3) is 0.188. The molecule has 4 N–H and O–H groups in total. The molecule has 0 aliphatic heterocycles. The predicted octanol–water partition coefficient (Wildman–Crippen LogP) is 6.30. The first-order chi connectivity index (χ1) is 20.4. The lowest BCUT2D eigenvalue weighted by Crippen LogP contribution is -2.20. The second-order valence-corrected chi connectivity index (χ2v) is 10.5. The molecular formula is C32H31FN8O. The Labute approximate surface area is 242 Å². The van der Waals surface area contributed by atoms with Gasteiger partial charge < -0.3 is 20.5 Å². The van der Waals surface area contributed by atoms with Crippen LogP contribution in [0.3, 0.4) is 0 Å². The number of hydrogen-bond donors (Lipinski definition) is 4. The molecule has 0 saturated carbocycles. The number of carbonyl (C=O) groups excluding carboxylic acids is 1. The third-order valence-corrected chi connectivity index (χ3v) is 7.10. The van der Waals surface area contributed by atoms with Crippen molar-refractivity contribution in [1.29, 1.82) is 0 Å². The van der Waals surface area contributed by atoms with E-state index in [9.17, 15) is 9.18 Å². The zero-order valence-corrected chi connectivity index (χ0v) is 23.6. The standard InChI is InChI=1S/C32H31FN8O/c1-4-31(42)37-23-12-20(16-34-17-23)28-15-26-30(18-36-28)39-40-32(26)29-14-25-24(6-5-7-27(25)38-29)19-10-21(33)13-22(11-19)35-8-9-41(2)3/h5-7,10-18,35,38H,4,8-9H2,1-3H3,(H,37,42)(H,39,40). The van der Waals surface area contributed by atoms with Crippen LogP contribution in [-0.4, -0.2) is 63.1 Å². The normalized spacial score (nSPS) is 11.5. The molecule has 4 aromatic heterocycles. The molecule has 10 heteroatoms. The first-order valence-electron chi connectivity index (χ1n) is 13.8. The molecule has 0 radical (unpaired) electrons. The predicted molar refractivity (Wildman–Crippen MR) is 166 cm³/mol. The first-order valence-corrected chi connectivity index (χ1v) is 13.8. The molecule has 0 aliphatic carbocycles. The third-order valence-electron chi connectivity index (χ3n) is 7.10. The molecule has 0 unspecified atom stereocenters. The highest BCUT2D eigenvalue weighted by Crippen LogP contribution is 2.36. The highest BCUT2D eigenvalue weighted by molar-refractivity contribution is 6.02. The highest BCUT2D eigenvalue weighted by Gasteiger charge is 2.16. The molecule has 1 amide bonds. The number of anilines is 2. The van der Waals surface area contributed by atoms with Crippen LogP contribution in [0.2, 0.25) is 0 Å². The Morgan fingerprint density at radius 1 is 0.952 bits per heavy atom. The topological polar surface area (TPSA) is 115 Å². The van der Waals surface area contributed by atoms with Crippen molar-refractivity contribution in [1.82, 2.24) is 30.0 Å². The van der Waals surface area contributed by atoms with Crippen LogP contribution in [0.5, 0.6) is 0 Å². The zero-order chi connectivity index (χ0) is 29.2. The van der Waals surface area contributed by atoms with Crippen molar-refractivity contribution >= 4 is 39.1 Å². The molecule has 0 aliphatic rings. The molecule has 6 rings (SSSR count). The maximum atomic E-state index is 14.7. The number of nitrogens with one attached hydrogen (secondary N) is 4. The van der Waals surface area contributed by atoms with Gasteiger partial charge in [-0.05, 0) is 67.7 Å². The number of halogens is 1. The van der Waals surface area contributed by atoms with Gasteiger partial charge in [-0.15, -0.1) is 0 Å². The number of rotatable bonds is 9. The molecule has 9 nitrogen and oxygen atoms in total. The number of aromatic amines is 2. The van der Waals surface area contributed by atoms with E-state index in [-0.39, 0.29) is 11.7 Å². The second-order valence-electron chi connectivity index (χ2n) is 10.5. The Morgan fingerprint density at radius 2 is 1.81 bits per heavy atom. The molecule has 0 saturated heterocycles. The van der Waals surface area contributed by atoms with Gasteiger partial charge in [-0.2, -0.15) is 5.10 Å². The fourth-order valence-electron chi connectivity index (χ4n) is 4.98. The van der Waals surface area contributed by atoms with Crippen molar-refractivity contribution in [3.05, 3.63) is 79.0 Å². The average molecular weight is 563 g/mol. The number of benzene rings is 2. The summed E-state index contributed by atoms with van der Waals surface area (Å²) in [5.41, 5.74) is 7.82. The Morgan fingerprint density at radius 3 is 2.64 bits per heavy atom. The summed E-state index contributed by atoms with van der Waals surface area (Å²) < 4.78 is 14.7. The smallest absolute Gasteiger partial charge is 0.224 e. The van der Waals surface area contributed by atoms with E-state index in [2.05, 4.69) is 40.7 Å². The van der Waals surface area contributed by atoms with Gasteiger partial charge in [-0.3, -0.25) is 19.9 Å². The number of pyridine rings is 2. The number of likely N-dealkylation sites (N-methyl/N-ethyl adjacent to an activating group) is 1. The monoisotopic (exact) mass is 562 g/mol. The quantitative estimate of drug-likeness (QED) is 0.165. The van der Waals surface area contributed by atoms with Crippen molar-refractivity contribution in [2.75, 3.05) is 37.8 Å². The Kier molecular flexibility index (Phi) is 7.37. The summed E-state index contributed by atoms with van der Waals surface area (Å²) in [6, 6.07) is 16.9. The van der Waals surface area contributed by atoms with Crippen LogP contribution in [0.25, 0.3) is 55.6 Å². The molecule has 4 heterocycles. The van der Waals surface area contributed by atoms with E-state index in [1.54, 1.807) is 31.6 Å². The van der Waals surface area contributed by atoms with Crippen LogP contribution >= 0.6 is 0 Å². The Hall–Kier alpha value is -5.09. The number of H-pyrrole nitrogens is 2. The van der Waals surface area contributed by atoms with Gasteiger partial charge in [0.05, 0.1) is 35.0 Å². The van der Waals surface area contributed by atoms with Gasteiger partial charge in [0, 0.05) is 53.2 Å². The summed E-state index contributed by atoms with van der Waals surface area (Å²) in [7, 11) is 4.01. The minimum atomic E-state index is -0.293. The number of carbonyl (C=O) groups is 1. The molecule has 42 heavy (non-hydrogen) atoms. The van der Waals surface area contributed by atoms with Crippen LogP contribution in [0.15, 0.2) is 73.2 Å². The van der Waals surface area contributed by atoms with Crippen LogP contribution in [-0.2, 0) is 4.79 Å². The lowest BCUT2D eigenvalue weighted by atomic mass is 10.0. The van der Waals surface area contributed by atoms with Crippen LogP contribution < -0.4 is 10.6 Å². The van der Waals surface area contributed by atoms with Crippen molar-refractivity contribution in [3.63, 3.8) is 0 Å². The van der Waals surface area contributed by atoms with E-state index in [0.717, 1.165) is 62.1 Å². The molecular weight excluding hydrogens is 531 g/mol. The number of aromatic nitrogens is 5. The molecule has 0 atom stereocenters. The Balaban J connectivity index is 1.36. The minimum Gasteiger partial charge on any atom is -0.384 e. The summed E-state index contributed by atoms with van der Waals surface area (Å²) in [4.78, 5) is 26.3. The van der Waals surface area contributed by atoms with E-state index in [1.807, 2.05) is 56.6 Å². The SMILES string of the molecule is CCC(=O)Nc1cncc(-c2cc3c(-c4cc5c(-c6cc(F)cc(NCCN(C)C)c6)cccc5[nH]4)n[nH]c3cn2)c1. The summed E-state index contributed by atoms with van der Waals surface area (Å²) in [5, 5.41) is 15.7. The van der Waals surface area contributed by atoms with Crippen molar-refractivity contribution in [2.24, 2.45) is 0 Å². The lowest BCUT2D eigenvalue weighted by Gasteiger charge is -2.13. The van der Waals surface area contributed by atoms with Gasteiger partial charge in [0.2, 0.25) is 5.91 Å². The van der Waals surface area contributed by atoms with Gasteiger partial charge >= 0.3 is 0 Å². The van der Waals surface area contributed by atoms with Gasteiger partial charge in [0.1, 0.15) is 11.5 Å². The van der Waals surface area contributed by atoms with Gasteiger partial charge in [-0.1, -0.05) is 19.1 Å². The van der Waals surface area contributed by atoms with E-state index in [1.165, 1.54) is 6.07 Å². The average Bonchev–Trinajstić information content (AvgIpc) is 3.60. The van der Waals surface area contributed by atoms with Gasteiger partial charge in [0.15, 0.2) is 0 Å². The minimum absolute atomic E-state index is 0.0808. The van der Waals surface area contributed by atoms with Crippen LogP contribution in [0.4, 0.5) is 15.8 Å². The van der Waals surface area contributed by atoms with E-state index in [4.69, 9.17) is 0 Å². The lowest BCUT2D eigenvalue weighted by molar-refractivity contribution is -0.115. The number of hydrogen-bond acceptors (Lipinski definition) is 6. The highest BCUT2D eigenvalue weighted by atomic mass is 19.1. The summed E-state index contributed by atoms with van der Waals surface area (Å²) in [6.07, 6.45) is 5.45. The Bertz CT molecular complexity index is 1910. The van der Waals surface area contributed by atoms with E-state index in [0.29, 0.717) is 24.3 Å². The number of amides is 1. The number of nitrogens with zero attached hydrogens (tertiary/aromatic N) is 4. The molecule has 2 aromatic carbocycles. The van der Waals surface area contributed by atoms with Crippen molar-refractivity contribution in [2.45, 2.75) is 13.3 Å². The van der Waals surface area contributed by atoms with Crippen LogP contribution in [0.1, 0.15) is 13.3 Å². The maximum absolute atomic E-state index is 14.7. The summed E-state index contributed by atoms with van der Waals surface area (Å²) in [6.45, 7) is 3.36.